The zero-order valence-electron chi connectivity index (χ0n) is 13.7. The predicted octanol–water partition coefficient (Wildman–Crippen LogP) is 1.78. The summed E-state index contributed by atoms with van der Waals surface area (Å²) in [5, 5.41) is 3.45. The van der Waals surface area contributed by atoms with E-state index in [2.05, 4.69) is 36.1 Å². The summed E-state index contributed by atoms with van der Waals surface area (Å²) in [5.41, 5.74) is 0.165. The highest BCUT2D eigenvalue weighted by Crippen LogP contribution is 2.26. The maximum atomic E-state index is 5.53. The number of likely N-dealkylation sites (tertiary alicyclic amines) is 1. The Morgan fingerprint density at radius 2 is 1.86 bits per heavy atom. The molecule has 2 saturated heterocycles. The van der Waals surface area contributed by atoms with Crippen LogP contribution >= 0.6 is 24.0 Å². The van der Waals surface area contributed by atoms with Gasteiger partial charge in [0, 0.05) is 38.4 Å². The third kappa shape index (κ3) is 4.96. The summed E-state index contributed by atoms with van der Waals surface area (Å²) >= 11 is 0. The Morgan fingerprint density at radius 3 is 2.38 bits per heavy atom. The first-order valence-electron chi connectivity index (χ1n) is 7.96. The molecule has 0 amide bonds. The van der Waals surface area contributed by atoms with E-state index in [9.17, 15) is 0 Å². The summed E-state index contributed by atoms with van der Waals surface area (Å²) in [7, 11) is 4.34. The molecule has 2 fully saturated rings. The topological polar surface area (TPSA) is 40.1 Å². The monoisotopic (exact) mass is 410 g/mol. The number of ether oxygens (including phenoxy) is 1. The van der Waals surface area contributed by atoms with Gasteiger partial charge in [-0.2, -0.15) is 0 Å². The highest BCUT2D eigenvalue weighted by molar-refractivity contribution is 14.0. The van der Waals surface area contributed by atoms with Gasteiger partial charge >= 0.3 is 0 Å². The third-order valence-electron chi connectivity index (χ3n) is 4.64. The van der Waals surface area contributed by atoms with Crippen molar-refractivity contribution >= 4 is 29.9 Å². The maximum absolute atomic E-state index is 5.53. The van der Waals surface area contributed by atoms with Crippen molar-refractivity contribution in [2.45, 2.75) is 38.1 Å². The van der Waals surface area contributed by atoms with Crippen molar-refractivity contribution in [3.8, 4) is 0 Å². The summed E-state index contributed by atoms with van der Waals surface area (Å²) in [5.74, 6) is 1.10. The van der Waals surface area contributed by atoms with Crippen molar-refractivity contribution < 1.29 is 4.74 Å². The minimum atomic E-state index is 0. The lowest BCUT2D eigenvalue weighted by molar-refractivity contribution is -0.00262. The molecule has 0 aliphatic carbocycles. The Bertz CT molecular complexity index is 324. The van der Waals surface area contributed by atoms with Crippen LogP contribution in [0.1, 0.15) is 32.6 Å². The number of guanidine groups is 1. The maximum Gasteiger partial charge on any atom is 0.193 e. The molecular formula is C15H31IN4O. The quantitative estimate of drug-likeness (QED) is 0.436. The third-order valence-corrected chi connectivity index (χ3v) is 4.64. The second kappa shape index (κ2) is 9.15. The number of nitrogens with zero attached hydrogens (tertiary/aromatic N) is 3. The largest absolute Gasteiger partial charge is 0.381 e. The van der Waals surface area contributed by atoms with E-state index in [-0.39, 0.29) is 29.5 Å². The Labute approximate surface area is 146 Å². The molecule has 0 bridgehead atoms. The standard InChI is InChI=1S/C15H30N4O.HI/c1-4-16-14(19-9-5-6-10-19)17-13-15(18(2)3)7-11-20-12-8-15;/h4-13H2,1-3H3,(H,16,17);1H. The minimum absolute atomic E-state index is 0. The van der Waals surface area contributed by atoms with Crippen molar-refractivity contribution in [1.29, 1.82) is 0 Å². The van der Waals surface area contributed by atoms with Gasteiger partial charge < -0.3 is 19.9 Å². The Balaban J connectivity index is 0.00000220. The van der Waals surface area contributed by atoms with Crippen LogP contribution in [0.3, 0.4) is 0 Å². The van der Waals surface area contributed by atoms with Gasteiger partial charge in [0.15, 0.2) is 5.96 Å². The smallest absolute Gasteiger partial charge is 0.193 e. The molecule has 0 aromatic heterocycles. The Morgan fingerprint density at radius 1 is 1.24 bits per heavy atom. The number of hydrogen-bond donors (Lipinski definition) is 1. The summed E-state index contributed by atoms with van der Waals surface area (Å²) in [6, 6.07) is 0. The molecule has 1 N–H and O–H groups in total. The minimum Gasteiger partial charge on any atom is -0.381 e. The van der Waals surface area contributed by atoms with E-state index in [1.807, 2.05) is 0 Å². The molecule has 0 aromatic carbocycles. The van der Waals surface area contributed by atoms with Gasteiger partial charge in [-0.25, -0.2) is 0 Å². The molecule has 0 radical (unpaired) electrons. The van der Waals surface area contributed by atoms with Crippen LogP contribution in [-0.4, -0.2) is 74.8 Å². The first-order chi connectivity index (χ1) is 9.68. The number of aliphatic imine (C=N–C) groups is 1. The van der Waals surface area contributed by atoms with Gasteiger partial charge in [-0.3, -0.25) is 4.99 Å². The molecule has 6 heteroatoms. The first-order valence-corrected chi connectivity index (χ1v) is 7.96. The van der Waals surface area contributed by atoms with E-state index in [0.717, 1.165) is 58.2 Å². The average molecular weight is 410 g/mol. The zero-order valence-corrected chi connectivity index (χ0v) is 16.1. The highest BCUT2D eigenvalue weighted by Gasteiger charge is 2.35. The first kappa shape index (κ1) is 19.0. The number of likely N-dealkylation sites (N-methyl/N-ethyl adjacent to an activating group) is 1. The van der Waals surface area contributed by atoms with Gasteiger partial charge in [0.05, 0.1) is 6.54 Å². The fourth-order valence-electron chi connectivity index (χ4n) is 3.07. The van der Waals surface area contributed by atoms with E-state index in [1.165, 1.54) is 12.8 Å². The lowest BCUT2D eigenvalue weighted by Crippen LogP contribution is -2.52. The molecule has 124 valence electrons. The van der Waals surface area contributed by atoms with Crippen LogP contribution < -0.4 is 5.32 Å². The predicted molar refractivity (Wildman–Crippen MR) is 98.7 cm³/mol. The lowest BCUT2D eigenvalue weighted by Gasteiger charge is -2.42. The van der Waals surface area contributed by atoms with Crippen molar-refractivity contribution in [3.63, 3.8) is 0 Å². The van der Waals surface area contributed by atoms with Gasteiger partial charge in [-0.05, 0) is 46.7 Å². The van der Waals surface area contributed by atoms with E-state index < -0.39 is 0 Å². The van der Waals surface area contributed by atoms with Gasteiger partial charge in [-0.15, -0.1) is 24.0 Å². The molecule has 0 unspecified atom stereocenters. The van der Waals surface area contributed by atoms with Crippen molar-refractivity contribution in [1.82, 2.24) is 15.1 Å². The summed E-state index contributed by atoms with van der Waals surface area (Å²) in [4.78, 5) is 9.68. The molecular weight excluding hydrogens is 379 g/mol. The molecule has 0 spiro atoms. The molecule has 5 nitrogen and oxygen atoms in total. The molecule has 0 saturated carbocycles. The molecule has 2 aliphatic rings. The number of nitrogens with one attached hydrogen (secondary N) is 1. The van der Waals surface area contributed by atoms with Gasteiger partial charge in [0.2, 0.25) is 0 Å². The second-order valence-electron chi connectivity index (χ2n) is 6.10. The van der Waals surface area contributed by atoms with Crippen LogP contribution in [0, 0.1) is 0 Å². The van der Waals surface area contributed by atoms with Crippen LogP contribution in [-0.2, 0) is 4.74 Å². The van der Waals surface area contributed by atoms with E-state index in [0.29, 0.717) is 0 Å². The number of rotatable bonds is 4. The SMILES string of the molecule is CCNC(=NCC1(N(C)C)CCOCC1)N1CCCC1.I. The molecule has 0 atom stereocenters. The average Bonchev–Trinajstić information content (AvgIpc) is 2.98. The van der Waals surface area contributed by atoms with Crippen LogP contribution in [0.25, 0.3) is 0 Å². The van der Waals surface area contributed by atoms with E-state index >= 15 is 0 Å². The fourth-order valence-corrected chi connectivity index (χ4v) is 3.07. The molecule has 2 heterocycles. The molecule has 21 heavy (non-hydrogen) atoms. The van der Waals surface area contributed by atoms with Crippen LogP contribution in [0.4, 0.5) is 0 Å². The van der Waals surface area contributed by atoms with Crippen LogP contribution in [0.15, 0.2) is 4.99 Å². The molecule has 0 aromatic rings. The van der Waals surface area contributed by atoms with E-state index in [1.54, 1.807) is 0 Å². The lowest BCUT2D eigenvalue weighted by atomic mass is 9.89. The molecule has 2 rings (SSSR count). The number of hydrogen-bond acceptors (Lipinski definition) is 3. The van der Waals surface area contributed by atoms with Crippen molar-refractivity contribution in [2.75, 3.05) is 53.5 Å². The Kier molecular flexibility index (Phi) is 8.26. The van der Waals surface area contributed by atoms with Crippen LogP contribution in [0.5, 0.6) is 0 Å². The van der Waals surface area contributed by atoms with Crippen LogP contribution in [0.2, 0.25) is 0 Å². The van der Waals surface area contributed by atoms with Gasteiger partial charge in [0.25, 0.3) is 0 Å². The summed E-state index contributed by atoms with van der Waals surface area (Å²) in [6.07, 6.45) is 4.72. The van der Waals surface area contributed by atoms with Gasteiger partial charge in [-0.1, -0.05) is 0 Å². The highest BCUT2D eigenvalue weighted by atomic mass is 127. The van der Waals surface area contributed by atoms with Gasteiger partial charge in [0.1, 0.15) is 0 Å². The summed E-state index contributed by atoms with van der Waals surface area (Å²) in [6.45, 7) is 7.94. The second-order valence-corrected chi connectivity index (χ2v) is 6.10. The summed E-state index contributed by atoms with van der Waals surface area (Å²) < 4.78 is 5.53. The Hall–Kier alpha value is -0.0800. The number of halogens is 1. The van der Waals surface area contributed by atoms with E-state index in [4.69, 9.17) is 9.73 Å². The van der Waals surface area contributed by atoms with Crippen molar-refractivity contribution in [2.24, 2.45) is 4.99 Å². The zero-order chi connectivity index (χ0) is 14.4. The fraction of sp³-hybridized carbons (Fsp3) is 0.933. The van der Waals surface area contributed by atoms with Crippen molar-refractivity contribution in [3.05, 3.63) is 0 Å². The molecule has 2 aliphatic heterocycles. The normalized spacial score (nSPS) is 22.3.